The number of hydrogen-bond acceptors (Lipinski definition) is 4. The maximum atomic E-state index is 12.7. The summed E-state index contributed by atoms with van der Waals surface area (Å²) in [5, 5.41) is 8.21. The largest absolute Gasteiger partial charge is 0.326 e. The molecular weight excluding hydrogens is 348 g/mol. The molecule has 0 unspecified atom stereocenters. The molecule has 3 rings (SSSR count). The van der Waals surface area contributed by atoms with Crippen molar-refractivity contribution in [1.29, 1.82) is 0 Å². The summed E-state index contributed by atoms with van der Waals surface area (Å²) in [5.41, 5.74) is 0.457. The molecule has 1 spiro atoms. The Morgan fingerprint density at radius 1 is 1.04 bits per heavy atom. The third-order valence-corrected chi connectivity index (χ3v) is 5.00. The Hall–Kier alpha value is -2.90. The first kappa shape index (κ1) is 18.9. The van der Waals surface area contributed by atoms with Crippen molar-refractivity contribution in [2.24, 2.45) is 0 Å². The quantitative estimate of drug-likeness (QED) is 0.689. The molecule has 1 aromatic carbocycles. The Kier molecular flexibility index (Phi) is 5.43. The number of amides is 5. The van der Waals surface area contributed by atoms with E-state index in [0.717, 1.165) is 24.2 Å². The first-order valence-corrected chi connectivity index (χ1v) is 9.21. The molecule has 1 heterocycles. The van der Waals surface area contributed by atoms with Gasteiger partial charge in [0.25, 0.3) is 5.91 Å². The minimum absolute atomic E-state index is 0.0304. The standard InChI is InChI=1S/C19H24N4O4/c1-13(24)20-14-5-7-15(8-6-14)21-16(25)9-12-23-17(26)19(22-18(23)27)10-3-2-4-11-19/h5-8H,2-4,9-12H2,1H3,(H,20,24)(H,21,25)(H,22,27). The number of benzene rings is 1. The molecular formula is C19H24N4O4. The average Bonchev–Trinajstić information content (AvgIpc) is 2.85. The Morgan fingerprint density at radius 2 is 1.63 bits per heavy atom. The summed E-state index contributed by atoms with van der Waals surface area (Å²) in [6, 6.07) is 6.30. The van der Waals surface area contributed by atoms with Gasteiger partial charge < -0.3 is 16.0 Å². The smallest absolute Gasteiger partial charge is 0.325 e. The molecule has 0 bridgehead atoms. The van der Waals surface area contributed by atoms with Crippen molar-refractivity contribution in [2.45, 2.75) is 51.0 Å². The molecule has 1 saturated heterocycles. The predicted octanol–water partition coefficient (Wildman–Crippen LogP) is 2.23. The van der Waals surface area contributed by atoms with Crippen molar-refractivity contribution in [3.05, 3.63) is 24.3 Å². The number of anilines is 2. The molecule has 1 saturated carbocycles. The van der Waals surface area contributed by atoms with Gasteiger partial charge in [-0.15, -0.1) is 0 Å². The Labute approximate surface area is 157 Å². The van der Waals surface area contributed by atoms with Crippen LogP contribution >= 0.6 is 0 Å². The highest BCUT2D eigenvalue weighted by molar-refractivity contribution is 6.07. The Balaban J connectivity index is 1.52. The van der Waals surface area contributed by atoms with Crippen LogP contribution in [0.2, 0.25) is 0 Å². The van der Waals surface area contributed by atoms with E-state index in [4.69, 9.17) is 0 Å². The minimum atomic E-state index is -0.759. The van der Waals surface area contributed by atoms with Gasteiger partial charge >= 0.3 is 6.03 Å². The van der Waals surface area contributed by atoms with E-state index in [-0.39, 0.29) is 30.7 Å². The highest BCUT2D eigenvalue weighted by atomic mass is 16.2. The van der Waals surface area contributed by atoms with E-state index >= 15 is 0 Å². The Bertz CT molecular complexity index is 753. The van der Waals surface area contributed by atoms with Crippen LogP contribution in [0.25, 0.3) is 0 Å². The van der Waals surface area contributed by atoms with Gasteiger partial charge in [-0.25, -0.2) is 4.79 Å². The minimum Gasteiger partial charge on any atom is -0.326 e. The molecule has 0 radical (unpaired) electrons. The lowest BCUT2D eigenvalue weighted by atomic mass is 9.82. The maximum absolute atomic E-state index is 12.7. The van der Waals surface area contributed by atoms with E-state index in [1.165, 1.54) is 6.92 Å². The van der Waals surface area contributed by atoms with Crippen LogP contribution in [0.15, 0.2) is 24.3 Å². The Morgan fingerprint density at radius 3 is 2.22 bits per heavy atom. The zero-order chi connectivity index (χ0) is 19.4. The van der Waals surface area contributed by atoms with Crippen LogP contribution in [0.1, 0.15) is 45.4 Å². The van der Waals surface area contributed by atoms with Crippen molar-refractivity contribution in [1.82, 2.24) is 10.2 Å². The summed E-state index contributed by atoms with van der Waals surface area (Å²) in [6.45, 7) is 1.48. The molecule has 3 N–H and O–H groups in total. The summed E-state index contributed by atoms with van der Waals surface area (Å²) in [7, 11) is 0. The van der Waals surface area contributed by atoms with Crippen LogP contribution < -0.4 is 16.0 Å². The lowest BCUT2D eigenvalue weighted by Crippen LogP contribution is -2.48. The molecule has 144 valence electrons. The topological polar surface area (TPSA) is 108 Å². The van der Waals surface area contributed by atoms with Crippen LogP contribution in [0, 0.1) is 0 Å². The number of carbonyl (C=O) groups excluding carboxylic acids is 4. The molecule has 1 aliphatic heterocycles. The zero-order valence-corrected chi connectivity index (χ0v) is 15.3. The van der Waals surface area contributed by atoms with Crippen LogP contribution in [0.3, 0.4) is 0 Å². The number of nitrogens with one attached hydrogen (secondary N) is 3. The van der Waals surface area contributed by atoms with Crippen molar-refractivity contribution in [2.75, 3.05) is 17.2 Å². The van der Waals surface area contributed by atoms with Gasteiger partial charge in [0.1, 0.15) is 5.54 Å². The maximum Gasteiger partial charge on any atom is 0.325 e. The molecule has 27 heavy (non-hydrogen) atoms. The lowest BCUT2D eigenvalue weighted by molar-refractivity contribution is -0.132. The molecule has 2 fully saturated rings. The van der Waals surface area contributed by atoms with E-state index in [2.05, 4.69) is 16.0 Å². The lowest BCUT2D eigenvalue weighted by Gasteiger charge is -2.30. The van der Waals surface area contributed by atoms with Gasteiger partial charge in [-0.1, -0.05) is 19.3 Å². The highest BCUT2D eigenvalue weighted by Crippen LogP contribution is 2.33. The number of hydrogen-bond donors (Lipinski definition) is 3. The number of imide groups is 1. The molecule has 0 aromatic heterocycles. The van der Waals surface area contributed by atoms with Gasteiger partial charge in [-0.3, -0.25) is 19.3 Å². The van der Waals surface area contributed by atoms with Crippen molar-refractivity contribution in [3.8, 4) is 0 Å². The van der Waals surface area contributed by atoms with Gasteiger partial charge in [0.05, 0.1) is 0 Å². The zero-order valence-electron chi connectivity index (χ0n) is 15.3. The second kappa shape index (κ2) is 7.77. The first-order valence-electron chi connectivity index (χ1n) is 9.21. The van der Waals surface area contributed by atoms with E-state index in [9.17, 15) is 19.2 Å². The third-order valence-electron chi connectivity index (χ3n) is 5.00. The second-order valence-corrected chi connectivity index (χ2v) is 7.09. The molecule has 8 heteroatoms. The van der Waals surface area contributed by atoms with Crippen molar-refractivity contribution in [3.63, 3.8) is 0 Å². The van der Waals surface area contributed by atoms with Gasteiger partial charge in [0.2, 0.25) is 11.8 Å². The fourth-order valence-corrected chi connectivity index (χ4v) is 3.65. The fourth-order valence-electron chi connectivity index (χ4n) is 3.65. The molecule has 1 aliphatic carbocycles. The first-order chi connectivity index (χ1) is 12.9. The summed E-state index contributed by atoms with van der Waals surface area (Å²) in [5.74, 6) is -0.664. The van der Waals surface area contributed by atoms with Crippen LogP contribution in [0.5, 0.6) is 0 Å². The summed E-state index contributed by atoms with van der Waals surface area (Å²) in [4.78, 5) is 49.2. The summed E-state index contributed by atoms with van der Waals surface area (Å²) in [6.07, 6.45) is 4.29. The average molecular weight is 372 g/mol. The summed E-state index contributed by atoms with van der Waals surface area (Å²) < 4.78 is 0. The normalized spacial score (nSPS) is 18.3. The summed E-state index contributed by atoms with van der Waals surface area (Å²) >= 11 is 0. The van der Waals surface area contributed by atoms with E-state index < -0.39 is 11.6 Å². The number of urea groups is 1. The number of rotatable bonds is 5. The molecule has 5 amide bonds. The van der Waals surface area contributed by atoms with Crippen molar-refractivity contribution < 1.29 is 19.2 Å². The van der Waals surface area contributed by atoms with Crippen molar-refractivity contribution >= 4 is 35.1 Å². The predicted molar refractivity (Wildman–Crippen MR) is 100 cm³/mol. The molecule has 1 aromatic rings. The van der Waals surface area contributed by atoms with Gasteiger partial charge in [0, 0.05) is 31.3 Å². The van der Waals surface area contributed by atoms with Gasteiger partial charge in [0.15, 0.2) is 0 Å². The van der Waals surface area contributed by atoms with E-state index in [1.54, 1.807) is 24.3 Å². The number of carbonyl (C=O) groups is 4. The second-order valence-electron chi connectivity index (χ2n) is 7.09. The molecule has 2 aliphatic rings. The SMILES string of the molecule is CC(=O)Nc1ccc(NC(=O)CCN2C(=O)NC3(CCCCC3)C2=O)cc1. The molecule has 0 atom stereocenters. The highest BCUT2D eigenvalue weighted by Gasteiger charge is 2.50. The third kappa shape index (κ3) is 4.27. The van der Waals surface area contributed by atoms with Crippen LogP contribution in [-0.4, -0.2) is 40.7 Å². The van der Waals surface area contributed by atoms with Crippen LogP contribution in [-0.2, 0) is 14.4 Å². The van der Waals surface area contributed by atoms with E-state index in [0.29, 0.717) is 24.2 Å². The number of nitrogens with zero attached hydrogens (tertiary/aromatic N) is 1. The van der Waals surface area contributed by atoms with Crippen LogP contribution in [0.4, 0.5) is 16.2 Å². The monoisotopic (exact) mass is 372 g/mol. The fraction of sp³-hybridized carbons (Fsp3) is 0.474. The molecule has 8 nitrogen and oxygen atoms in total. The van der Waals surface area contributed by atoms with E-state index in [1.807, 2.05) is 0 Å². The van der Waals surface area contributed by atoms with Gasteiger partial charge in [-0.2, -0.15) is 0 Å². The van der Waals surface area contributed by atoms with Gasteiger partial charge in [-0.05, 0) is 37.1 Å².